The molecule has 0 heterocycles. The van der Waals surface area contributed by atoms with E-state index in [1.54, 1.807) is 0 Å². The van der Waals surface area contributed by atoms with E-state index in [0.717, 1.165) is 12.2 Å². The normalized spacial score (nSPS) is 15.0. The minimum atomic E-state index is -0.600. The first-order valence-corrected chi connectivity index (χ1v) is 4.91. The van der Waals surface area contributed by atoms with Crippen molar-refractivity contribution in [3.05, 3.63) is 0 Å². The minimum absolute atomic E-state index is 0.144. The van der Waals surface area contributed by atoms with E-state index in [-0.39, 0.29) is 6.61 Å². The molecular formula is C8H18O2S. The highest BCUT2D eigenvalue weighted by molar-refractivity contribution is 7.99. The Kier molecular flexibility index (Phi) is 5.13. The topological polar surface area (TPSA) is 40.5 Å². The smallest absolute Gasteiger partial charge is 0.122 e. The van der Waals surface area contributed by atoms with Crippen LogP contribution in [0.2, 0.25) is 0 Å². The quantitative estimate of drug-likeness (QED) is 0.640. The van der Waals surface area contributed by atoms with E-state index < -0.39 is 5.44 Å². The van der Waals surface area contributed by atoms with Gasteiger partial charge in [-0.05, 0) is 17.6 Å². The molecule has 2 N–H and O–H groups in total. The Labute approximate surface area is 73.0 Å². The lowest BCUT2D eigenvalue weighted by atomic mass is 9.94. The summed E-state index contributed by atoms with van der Waals surface area (Å²) in [6, 6.07) is 0. The molecule has 0 aromatic rings. The summed E-state index contributed by atoms with van der Waals surface area (Å²) in [5.74, 6) is 0.908. The second-order valence-electron chi connectivity index (χ2n) is 3.82. The maximum absolute atomic E-state index is 8.97. The summed E-state index contributed by atoms with van der Waals surface area (Å²) in [5.41, 5.74) is -0.278. The lowest BCUT2D eigenvalue weighted by molar-refractivity contribution is 0.160. The number of hydrogen-bond donors (Lipinski definition) is 2. The third-order valence-corrected chi connectivity index (χ3v) is 2.29. The van der Waals surface area contributed by atoms with Gasteiger partial charge in [-0.15, -0.1) is 11.8 Å². The van der Waals surface area contributed by atoms with Gasteiger partial charge in [0, 0.05) is 0 Å². The predicted octanol–water partition coefficient (Wildman–Crippen LogP) is 1.47. The van der Waals surface area contributed by atoms with Crippen molar-refractivity contribution in [2.45, 2.75) is 32.6 Å². The van der Waals surface area contributed by atoms with Gasteiger partial charge in [0.05, 0.1) is 6.61 Å². The summed E-state index contributed by atoms with van der Waals surface area (Å²) < 4.78 is 0. The third-order valence-electron chi connectivity index (χ3n) is 1.32. The molecular weight excluding hydrogens is 160 g/mol. The average molecular weight is 178 g/mol. The van der Waals surface area contributed by atoms with Crippen LogP contribution in [0.1, 0.15) is 27.2 Å². The zero-order chi connectivity index (χ0) is 8.91. The molecule has 11 heavy (non-hydrogen) atoms. The Morgan fingerprint density at radius 2 is 1.91 bits per heavy atom. The van der Waals surface area contributed by atoms with Gasteiger partial charge in [-0.3, -0.25) is 0 Å². The SMILES string of the molecule is CC(C)(C)CCSC(O)CO. The highest BCUT2D eigenvalue weighted by atomic mass is 32.2. The van der Waals surface area contributed by atoms with Crippen molar-refractivity contribution >= 4 is 11.8 Å². The molecule has 1 unspecified atom stereocenters. The van der Waals surface area contributed by atoms with E-state index in [2.05, 4.69) is 20.8 Å². The zero-order valence-electron chi connectivity index (χ0n) is 7.50. The van der Waals surface area contributed by atoms with E-state index >= 15 is 0 Å². The highest BCUT2D eigenvalue weighted by Crippen LogP contribution is 2.22. The molecule has 0 bridgehead atoms. The van der Waals surface area contributed by atoms with Crippen molar-refractivity contribution in [2.24, 2.45) is 5.41 Å². The van der Waals surface area contributed by atoms with Gasteiger partial charge in [-0.2, -0.15) is 0 Å². The van der Waals surface area contributed by atoms with Gasteiger partial charge in [0.2, 0.25) is 0 Å². The monoisotopic (exact) mass is 178 g/mol. The summed E-state index contributed by atoms with van der Waals surface area (Å²) in [7, 11) is 0. The molecule has 0 fully saturated rings. The van der Waals surface area contributed by atoms with Gasteiger partial charge in [-0.1, -0.05) is 20.8 Å². The highest BCUT2D eigenvalue weighted by Gasteiger charge is 2.10. The largest absolute Gasteiger partial charge is 0.393 e. The van der Waals surface area contributed by atoms with Crippen LogP contribution in [0.15, 0.2) is 0 Å². The maximum Gasteiger partial charge on any atom is 0.122 e. The van der Waals surface area contributed by atoms with Crippen molar-refractivity contribution in [1.29, 1.82) is 0 Å². The summed E-state index contributed by atoms with van der Waals surface area (Å²) in [6.07, 6.45) is 1.06. The molecule has 0 aromatic carbocycles. The molecule has 2 nitrogen and oxygen atoms in total. The van der Waals surface area contributed by atoms with Crippen LogP contribution in [0, 0.1) is 5.41 Å². The van der Waals surface area contributed by atoms with Gasteiger partial charge >= 0.3 is 0 Å². The van der Waals surface area contributed by atoms with Crippen molar-refractivity contribution in [1.82, 2.24) is 0 Å². The first kappa shape index (κ1) is 11.3. The van der Waals surface area contributed by atoms with E-state index in [4.69, 9.17) is 10.2 Å². The molecule has 1 atom stereocenters. The molecule has 0 spiro atoms. The van der Waals surface area contributed by atoms with Crippen molar-refractivity contribution in [3.8, 4) is 0 Å². The van der Waals surface area contributed by atoms with Crippen LogP contribution in [0.5, 0.6) is 0 Å². The molecule has 68 valence electrons. The summed E-state index contributed by atoms with van der Waals surface area (Å²) >= 11 is 1.41. The van der Waals surface area contributed by atoms with Crippen LogP contribution in [0.4, 0.5) is 0 Å². The molecule has 0 amide bonds. The van der Waals surface area contributed by atoms with Crippen LogP contribution < -0.4 is 0 Å². The van der Waals surface area contributed by atoms with Crippen LogP contribution in [0.3, 0.4) is 0 Å². The first-order chi connectivity index (χ1) is 4.95. The molecule has 0 rings (SSSR count). The Hall–Kier alpha value is 0.270. The van der Waals surface area contributed by atoms with Gasteiger partial charge in [0.15, 0.2) is 0 Å². The van der Waals surface area contributed by atoms with Crippen LogP contribution in [-0.4, -0.2) is 28.0 Å². The molecule has 0 aliphatic heterocycles. The zero-order valence-corrected chi connectivity index (χ0v) is 8.32. The average Bonchev–Trinajstić information content (AvgIpc) is 1.85. The van der Waals surface area contributed by atoms with Crippen LogP contribution >= 0.6 is 11.8 Å². The fourth-order valence-corrected chi connectivity index (χ4v) is 1.66. The number of aliphatic hydroxyl groups excluding tert-OH is 2. The fourth-order valence-electron chi connectivity index (χ4n) is 0.554. The summed E-state index contributed by atoms with van der Waals surface area (Å²) in [5, 5.41) is 17.5. The standard InChI is InChI=1S/C8H18O2S/c1-8(2,3)4-5-11-7(10)6-9/h7,9-10H,4-6H2,1-3H3. The number of aliphatic hydroxyl groups is 2. The summed E-state index contributed by atoms with van der Waals surface area (Å²) in [6.45, 7) is 6.35. The molecule has 0 radical (unpaired) electrons. The summed E-state index contributed by atoms with van der Waals surface area (Å²) in [4.78, 5) is 0. The maximum atomic E-state index is 8.97. The molecule has 3 heteroatoms. The van der Waals surface area contributed by atoms with E-state index in [0.29, 0.717) is 5.41 Å². The predicted molar refractivity (Wildman–Crippen MR) is 49.6 cm³/mol. The fraction of sp³-hybridized carbons (Fsp3) is 1.00. The van der Waals surface area contributed by atoms with E-state index in [9.17, 15) is 0 Å². The number of thioether (sulfide) groups is 1. The van der Waals surface area contributed by atoms with Crippen molar-refractivity contribution in [2.75, 3.05) is 12.4 Å². The third kappa shape index (κ3) is 8.17. The molecule has 0 saturated heterocycles. The van der Waals surface area contributed by atoms with Crippen LogP contribution in [0.25, 0.3) is 0 Å². The number of hydrogen-bond acceptors (Lipinski definition) is 3. The molecule has 0 aliphatic rings. The Morgan fingerprint density at radius 1 is 1.36 bits per heavy atom. The van der Waals surface area contributed by atoms with Gasteiger partial charge in [0.25, 0.3) is 0 Å². The molecule has 0 aromatic heterocycles. The molecule has 0 saturated carbocycles. The van der Waals surface area contributed by atoms with Crippen LogP contribution in [-0.2, 0) is 0 Å². The van der Waals surface area contributed by atoms with Crippen molar-refractivity contribution < 1.29 is 10.2 Å². The number of rotatable bonds is 4. The molecule has 0 aliphatic carbocycles. The second-order valence-corrected chi connectivity index (χ2v) is 5.10. The Morgan fingerprint density at radius 3 is 2.27 bits per heavy atom. The Balaban J connectivity index is 3.28. The minimum Gasteiger partial charge on any atom is -0.393 e. The van der Waals surface area contributed by atoms with Gasteiger partial charge in [0.1, 0.15) is 5.44 Å². The van der Waals surface area contributed by atoms with E-state index in [1.165, 1.54) is 11.8 Å². The second kappa shape index (κ2) is 5.01. The lowest BCUT2D eigenvalue weighted by Crippen LogP contribution is -2.11. The van der Waals surface area contributed by atoms with Crippen molar-refractivity contribution in [3.63, 3.8) is 0 Å². The van der Waals surface area contributed by atoms with E-state index in [1.807, 2.05) is 0 Å². The Bertz CT molecular complexity index is 98.8. The van der Waals surface area contributed by atoms with Gasteiger partial charge < -0.3 is 10.2 Å². The van der Waals surface area contributed by atoms with Gasteiger partial charge in [-0.25, -0.2) is 0 Å². The first-order valence-electron chi connectivity index (χ1n) is 3.86. The lowest BCUT2D eigenvalue weighted by Gasteiger charge is -2.18.